The SMILES string of the molecule is CC1(C(=O)NC2CNC(=O)C2)CCCCN1. The van der Waals surface area contributed by atoms with Gasteiger partial charge in [-0.25, -0.2) is 0 Å². The summed E-state index contributed by atoms with van der Waals surface area (Å²) in [4.78, 5) is 23.1. The molecule has 0 bridgehead atoms. The van der Waals surface area contributed by atoms with E-state index < -0.39 is 5.54 Å². The van der Waals surface area contributed by atoms with Crippen molar-refractivity contribution in [3.05, 3.63) is 0 Å². The van der Waals surface area contributed by atoms with Crippen LogP contribution in [0.4, 0.5) is 0 Å². The first-order valence-electron chi connectivity index (χ1n) is 5.93. The Labute approximate surface area is 95.3 Å². The smallest absolute Gasteiger partial charge is 0.240 e. The third-order valence-electron chi connectivity index (χ3n) is 3.43. The van der Waals surface area contributed by atoms with Crippen LogP contribution in [-0.2, 0) is 9.59 Å². The van der Waals surface area contributed by atoms with E-state index in [1.54, 1.807) is 0 Å². The van der Waals surface area contributed by atoms with Gasteiger partial charge in [-0.1, -0.05) is 0 Å². The highest BCUT2D eigenvalue weighted by Gasteiger charge is 2.36. The molecule has 2 amide bonds. The van der Waals surface area contributed by atoms with Gasteiger partial charge in [0, 0.05) is 13.0 Å². The normalized spacial score (nSPS) is 34.6. The topological polar surface area (TPSA) is 70.2 Å². The second kappa shape index (κ2) is 4.41. The third-order valence-corrected chi connectivity index (χ3v) is 3.43. The highest BCUT2D eigenvalue weighted by atomic mass is 16.2. The lowest BCUT2D eigenvalue weighted by molar-refractivity contribution is -0.128. The fourth-order valence-electron chi connectivity index (χ4n) is 2.30. The second-order valence-corrected chi connectivity index (χ2v) is 4.89. The van der Waals surface area contributed by atoms with Crippen molar-refractivity contribution in [2.45, 2.75) is 44.2 Å². The summed E-state index contributed by atoms with van der Waals surface area (Å²) in [5.41, 5.74) is -0.454. The quantitative estimate of drug-likeness (QED) is 0.594. The average Bonchev–Trinajstić information content (AvgIpc) is 2.65. The molecule has 2 unspecified atom stereocenters. The Hall–Kier alpha value is -1.10. The van der Waals surface area contributed by atoms with E-state index in [1.807, 2.05) is 6.92 Å². The molecule has 0 radical (unpaired) electrons. The molecule has 0 aromatic heterocycles. The zero-order chi connectivity index (χ0) is 11.6. The molecule has 2 rings (SSSR count). The van der Waals surface area contributed by atoms with Crippen LogP contribution >= 0.6 is 0 Å². The van der Waals surface area contributed by atoms with Gasteiger partial charge in [0.1, 0.15) is 0 Å². The van der Waals surface area contributed by atoms with E-state index in [1.165, 1.54) is 0 Å². The highest BCUT2D eigenvalue weighted by molar-refractivity contribution is 5.87. The van der Waals surface area contributed by atoms with Crippen molar-refractivity contribution in [2.24, 2.45) is 0 Å². The molecule has 5 nitrogen and oxygen atoms in total. The summed E-state index contributed by atoms with van der Waals surface area (Å²) in [6, 6.07) is -0.0412. The van der Waals surface area contributed by atoms with Crippen LogP contribution in [0, 0.1) is 0 Å². The number of hydrogen-bond donors (Lipinski definition) is 3. The third kappa shape index (κ3) is 2.35. The number of carbonyl (C=O) groups excluding carboxylic acids is 2. The summed E-state index contributed by atoms with van der Waals surface area (Å²) in [5.74, 6) is 0.0424. The number of hydrogen-bond acceptors (Lipinski definition) is 3. The second-order valence-electron chi connectivity index (χ2n) is 4.89. The van der Waals surface area contributed by atoms with Crippen LogP contribution in [0.15, 0.2) is 0 Å². The van der Waals surface area contributed by atoms with Crippen molar-refractivity contribution in [1.29, 1.82) is 0 Å². The van der Waals surface area contributed by atoms with Gasteiger partial charge in [0.05, 0.1) is 11.6 Å². The van der Waals surface area contributed by atoms with Crippen LogP contribution < -0.4 is 16.0 Å². The van der Waals surface area contributed by atoms with Crippen molar-refractivity contribution >= 4 is 11.8 Å². The Morgan fingerprint density at radius 1 is 1.50 bits per heavy atom. The van der Waals surface area contributed by atoms with E-state index >= 15 is 0 Å². The molecule has 2 atom stereocenters. The summed E-state index contributed by atoms with van der Waals surface area (Å²) in [7, 11) is 0. The summed E-state index contributed by atoms with van der Waals surface area (Å²) in [5, 5.41) is 8.91. The highest BCUT2D eigenvalue weighted by Crippen LogP contribution is 2.19. The minimum Gasteiger partial charge on any atom is -0.354 e. The van der Waals surface area contributed by atoms with Crippen molar-refractivity contribution in [3.63, 3.8) is 0 Å². The monoisotopic (exact) mass is 225 g/mol. The van der Waals surface area contributed by atoms with Gasteiger partial charge in [0.2, 0.25) is 11.8 Å². The molecule has 2 aliphatic rings. The van der Waals surface area contributed by atoms with E-state index in [2.05, 4.69) is 16.0 Å². The van der Waals surface area contributed by atoms with E-state index in [4.69, 9.17) is 0 Å². The number of piperidine rings is 1. The van der Waals surface area contributed by atoms with Gasteiger partial charge in [-0.2, -0.15) is 0 Å². The van der Waals surface area contributed by atoms with Gasteiger partial charge in [-0.05, 0) is 32.7 Å². The summed E-state index contributed by atoms with van der Waals surface area (Å²) in [6.07, 6.45) is 3.49. The maximum atomic E-state index is 12.1. The van der Waals surface area contributed by atoms with Crippen LogP contribution in [0.2, 0.25) is 0 Å². The maximum Gasteiger partial charge on any atom is 0.240 e. The van der Waals surface area contributed by atoms with Crippen LogP contribution in [0.3, 0.4) is 0 Å². The fourth-order valence-corrected chi connectivity index (χ4v) is 2.30. The van der Waals surface area contributed by atoms with E-state index in [-0.39, 0.29) is 17.9 Å². The van der Waals surface area contributed by atoms with Gasteiger partial charge in [0.15, 0.2) is 0 Å². The Bertz CT molecular complexity index is 298. The van der Waals surface area contributed by atoms with Crippen molar-refractivity contribution in [1.82, 2.24) is 16.0 Å². The number of rotatable bonds is 2. The van der Waals surface area contributed by atoms with Crippen molar-refractivity contribution in [2.75, 3.05) is 13.1 Å². The molecule has 0 aliphatic carbocycles. The molecule has 3 N–H and O–H groups in total. The van der Waals surface area contributed by atoms with Gasteiger partial charge in [-0.15, -0.1) is 0 Å². The Morgan fingerprint density at radius 2 is 2.31 bits per heavy atom. The Kier molecular flexibility index (Phi) is 3.14. The van der Waals surface area contributed by atoms with Crippen molar-refractivity contribution < 1.29 is 9.59 Å². The van der Waals surface area contributed by atoms with E-state index in [9.17, 15) is 9.59 Å². The standard InChI is InChI=1S/C11H19N3O2/c1-11(4-2-3-5-13-11)10(16)14-8-6-9(15)12-7-8/h8,13H,2-7H2,1H3,(H,12,15)(H,14,16). The number of carbonyl (C=O) groups is 2. The largest absolute Gasteiger partial charge is 0.354 e. The molecule has 16 heavy (non-hydrogen) atoms. The first-order valence-corrected chi connectivity index (χ1v) is 5.93. The zero-order valence-corrected chi connectivity index (χ0v) is 9.64. The van der Waals surface area contributed by atoms with Crippen LogP contribution in [0.1, 0.15) is 32.6 Å². The summed E-state index contributed by atoms with van der Waals surface area (Å²) in [6.45, 7) is 3.39. The molecule has 90 valence electrons. The number of nitrogens with one attached hydrogen (secondary N) is 3. The lowest BCUT2D eigenvalue weighted by atomic mass is 9.90. The molecular formula is C11H19N3O2. The Morgan fingerprint density at radius 3 is 2.88 bits per heavy atom. The first kappa shape index (κ1) is 11.4. The molecule has 0 aromatic carbocycles. The zero-order valence-electron chi connectivity index (χ0n) is 9.64. The molecule has 0 saturated carbocycles. The van der Waals surface area contributed by atoms with Gasteiger partial charge < -0.3 is 16.0 Å². The minimum absolute atomic E-state index is 0.0204. The van der Waals surface area contributed by atoms with E-state index in [0.717, 1.165) is 25.8 Å². The summed E-state index contributed by atoms with van der Waals surface area (Å²) < 4.78 is 0. The average molecular weight is 225 g/mol. The lowest BCUT2D eigenvalue weighted by Crippen LogP contribution is -2.58. The molecule has 0 aromatic rings. The number of amides is 2. The minimum atomic E-state index is -0.454. The van der Waals surface area contributed by atoms with Gasteiger partial charge in [0.25, 0.3) is 0 Å². The summed E-state index contributed by atoms with van der Waals surface area (Å²) >= 11 is 0. The van der Waals surface area contributed by atoms with Gasteiger partial charge >= 0.3 is 0 Å². The fraction of sp³-hybridized carbons (Fsp3) is 0.818. The molecule has 2 heterocycles. The lowest BCUT2D eigenvalue weighted by Gasteiger charge is -2.34. The van der Waals surface area contributed by atoms with Crippen LogP contribution in [0.25, 0.3) is 0 Å². The van der Waals surface area contributed by atoms with Gasteiger partial charge in [-0.3, -0.25) is 9.59 Å². The van der Waals surface area contributed by atoms with E-state index in [0.29, 0.717) is 13.0 Å². The van der Waals surface area contributed by atoms with Crippen LogP contribution in [-0.4, -0.2) is 36.5 Å². The maximum absolute atomic E-state index is 12.1. The Balaban J connectivity index is 1.89. The molecular weight excluding hydrogens is 206 g/mol. The molecule has 2 aliphatic heterocycles. The van der Waals surface area contributed by atoms with Crippen LogP contribution in [0.5, 0.6) is 0 Å². The molecule has 5 heteroatoms. The van der Waals surface area contributed by atoms with Crippen molar-refractivity contribution in [3.8, 4) is 0 Å². The first-order chi connectivity index (χ1) is 7.60. The molecule has 2 saturated heterocycles. The predicted octanol–water partition coefficient (Wildman–Crippen LogP) is -0.477. The predicted molar refractivity (Wildman–Crippen MR) is 59.8 cm³/mol. The molecule has 0 spiro atoms. The molecule has 2 fully saturated rings.